The predicted octanol–water partition coefficient (Wildman–Crippen LogP) is 10.6. The molecule has 2 aromatic heterocycles. The van der Waals surface area contributed by atoms with Gasteiger partial charge in [0.15, 0.2) is 0 Å². The number of nitrogens with one attached hydrogen (secondary N) is 2. The number of nitrogens with zero attached hydrogens (tertiary/aromatic N) is 2. The molecule has 2 unspecified atom stereocenters. The maximum Gasteiger partial charge on any atom is 0.0741 e. The summed E-state index contributed by atoms with van der Waals surface area (Å²) >= 11 is 6.38. The zero-order valence-corrected chi connectivity index (χ0v) is 28.2. The van der Waals surface area contributed by atoms with Crippen molar-refractivity contribution in [2.24, 2.45) is 5.92 Å². The van der Waals surface area contributed by atoms with E-state index in [0.29, 0.717) is 11.8 Å². The molecule has 4 nitrogen and oxygen atoms in total. The van der Waals surface area contributed by atoms with Gasteiger partial charge in [-0.25, -0.2) is 0 Å². The highest BCUT2D eigenvalue weighted by Gasteiger charge is 2.33. The molecule has 0 saturated carbocycles. The summed E-state index contributed by atoms with van der Waals surface area (Å²) in [6.45, 7) is 4.34. The smallest absolute Gasteiger partial charge is 0.0741 e. The van der Waals surface area contributed by atoms with Gasteiger partial charge in [0.1, 0.15) is 0 Å². The Bertz CT molecular complexity index is 1650. The zero-order chi connectivity index (χ0) is 28.5. The van der Waals surface area contributed by atoms with Gasteiger partial charge in [-0.2, -0.15) is 0 Å². The van der Waals surface area contributed by atoms with Crippen LogP contribution in [-0.2, 0) is 19.3 Å². The summed E-state index contributed by atoms with van der Waals surface area (Å²) in [6.07, 6.45) is 16.9. The second-order valence-corrected chi connectivity index (χ2v) is 13.3. The number of unbranched alkanes of at least 4 members (excludes halogenated alkanes) is 4. The molecule has 2 bridgehead atoms. The van der Waals surface area contributed by atoms with Crippen LogP contribution < -0.4 is 10.6 Å². The number of rotatable bonds is 10. The molecule has 0 aliphatic heterocycles. The van der Waals surface area contributed by atoms with Crippen molar-refractivity contribution >= 4 is 69.6 Å². The van der Waals surface area contributed by atoms with Crippen LogP contribution in [0.1, 0.15) is 93.1 Å². The van der Waals surface area contributed by atoms with Gasteiger partial charge in [-0.15, -0.1) is 24.8 Å². The number of allylic oxidation sites excluding steroid dienone is 2. The molecule has 4 aromatic rings. The first-order valence-electron chi connectivity index (χ1n) is 16.3. The Labute approximate surface area is 279 Å². The molecule has 2 aromatic carbocycles. The maximum atomic E-state index is 6.38. The number of aryl methyl sites for hydroxylation is 1. The number of pyridine rings is 2. The summed E-state index contributed by atoms with van der Waals surface area (Å²) in [7, 11) is 0. The van der Waals surface area contributed by atoms with Crippen LogP contribution >= 0.6 is 36.4 Å². The molecule has 0 fully saturated rings. The van der Waals surface area contributed by atoms with Gasteiger partial charge in [-0.05, 0) is 106 Å². The van der Waals surface area contributed by atoms with Crippen LogP contribution in [0.2, 0.25) is 5.02 Å². The third-order valence-corrected chi connectivity index (χ3v) is 9.97. The lowest BCUT2D eigenvalue weighted by Crippen LogP contribution is -2.24. The molecule has 3 aliphatic rings. The van der Waals surface area contributed by atoms with Crippen molar-refractivity contribution in [3.63, 3.8) is 0 Å². The number of aromatic nitrogens is 2. The van der Waals surface area contributed by atoms with Crippen molar-refractivity contribution in [1.82, 2.24) is 9.97 Å². The largest absolute Gasteiger partial charge is 0.384 e. The van der Waals surface area contributed by atoms with E-state index in [9.17, 15) is 0 Å². The third kappa shape index (κ3) is 6.83. The molecule has 3 aliphatic carbocycles. The monoisotopic (exact) mass is 650 g/mol. The van der Waals surface area contributed by atoms with Gasteiger partial charge in [-0.3, -0.25) is 9.97 Å². The SMILES string of the molecule is CC1=CC2Cc3nc4cc(Cl)ccc4c(NCCCCCCCNc4c5c(nc6ccccc46)CCCC5)c3C(C1)C2.Cl.Cl. The Morgan fingerprint density at radius 2 is 1.48 bits per heavy atom. The van der Waals surface area contributed by atoms with Crippen molar-refractivity contribution in [2.75, 3.05) is 23.7 Å². The van der Waals surface area contributed by atoms with Crippen LogP contribution in [0.25, 0.3) is 21.8 Å². The van der Waals surface area contributed by atoms with E-state index in [1.165, 1.54) is 102 Å². The van der Waals surface area contributed by atoms with Crippen molar-refractivity contribution in [1.29, 1.82) is 0 Å². The number of fused-ring (bicyclic) bond motifs is 7. The lowest BCUT2D eigenvalue weighted by Gasteiger charge is -2.36. The van der Waals surface area contributed by atoms with Gasteiger partial charge in [0, 0.05) is 57.2 Å². The molecule has 0 saturated heterocycles. The van der Waals surface area contributed by atoms with Crippen molar-refractivity contribution in [3.05, 3.63) is 81.7 Å². The highest BCUT2D eigenvalue weighted by atomic mass is 35.5. The van der Waals surface area contributed by atoms with Crippen molar-refractivity contribution < 1.29 is 0 Å². The molecule has 2 atom stereocenters. The van der Waals surface area contributed by atoms with E-state index < -0.39 is 0 Å². The molecule has 2 N–H and O–H groups in total. The average molecular weight is 652 g/mol. The van der Waals surface area contributed by atoms with E-state index >= 15 is 0 Å². The number of hydrogen-bond donors (Lipinski definition) is 2. The fourth-order valence-electron chi connectivity index (χ4n) is 7.86. The highest BCUT2D eigenvalue weighted by molar-refractivity contribution is 6.31. The fraction of sp³-hybridized carbons (Fsp3) is 0.459. The highest BCUT2D eigenvalue weighted by Crippen LogP contribution is 2.47. The van der Waals surface area contributed by atoms with Crippen LogP contribution in [-0.4, -0.2) is 23.1 Å². The van der Waals surface area contributed by atoms with Gasteiger partial charge < -0.3 is 10.6 Å². The van der Waals surface area contributed by atoms with Crippen LogP contribution in [0.15, 0.2) is 54.1 Å². The van der Waals surface area contributed by atoms with E-state index in [0.717, 1.165) is 54.8 Å². The number of hydrogen-bond acceptors (Lipinski definition) is 4. The third-order valence-electron chi connectivity index (χ3n) is 9.73. The van der Waals surface area contributed by atoms with Gasteiger partial charge in [0.2, 0.25) is 0 Å². The van der Waals surface area contributed by atoms with Crippen LogP contribution in [0.5, 0.6) is 0 Å². The lowest BCUT2D eigenvalue weighted by molar-refractivity contribution is 0.433. The molecule has 234 valence electrons. The van der Waals surface area contributed by atoms with Gasteiger partial charge in [-0.1, -0.05) is 60.7 Å². The zero-order valence-electron chi connectivity index (χ0n) is 25.8. The second kappa shape index (κ2) is 14.7. The lowest BCUT2D eigenvalue weighted by atomic mass is 9.71. The van der Waals surface area contributed by atoms with E-state index in [2.05, 4.69) is 54.0 Å². The first-order chi connectivity index (χ1) is 20.6. The Morgan fingerprint density at radius 1 is 0.773 bits per heavy atom. The molecule has 0 radical (unpaired) electrons. The molecule has 7 rings (SSSR count). The fourth-order valence-corrected chi connectivity index (χ4v) is 8.02. The van der Waals surface area contributed by atoms with Crippen LogP contribution in [0.3, 0.4) is 0 Å². The Kier molecular flexibility index (Phi) is 11.0. The number of benzene rings is 2. The molecule has 0 spiro atoms. The maximum absolute atomic E-state index is 6.38. The summed E-state index contributed by atoms with van der Waals surface area (Å²) in [4.78, 5) is 10.1. The van der Waals surface area contributed by atoms with E-state index in [4.69, 9.17) is 21.6 Å². The summed E-state index contributed by atoms with van der Waals surface area (Å²) in [5.74, 6) is 1.21. The van der Waals surface area contributed by atoms with Gasteiger partial charge in [0.25, 0.3) is 0 Å². The van der Waals surface area contributed by atoms with E-state index in [1.54, 1.807) is 0 Å². The molecule has 0 amide bonds. The molecular weight excluding hydrogens is 607 g/mol. The summed E-state index contributed by atoms with van der Waals surface area (Å²) in [5, 5.41) is 11.0. The van der Waals surface area contributed by atoms with Crippen molar-refractivity contribution in [3.8, 4) is 0 Å². The first-order valence-corrected chi connectivity index (χ1v) is 16.7. The molecular formula is C37H45Cl3N4. The average Bonchev–Trinajstić information content (AvgIpc) is 2.98. The quantitative estimate of drug-likeness (QED) is 0.132. The minimum absolute atomic E-state index is 0. The number of anilines is 2. The van der Waals surface area contributed by atoms with Gasteiger partial charge in [0.05, 0.1) is 11.0 Å². The molecule has 2 heterocycles. The topological polar surface area (TPSA) is 49.8 Å². The summed E-state index contributed by atoms with van der Waals surface area (Å²) in [5.41, 5.74) is 11.9. The Balaban J connectivity index is 0.00000192. The standard InChI is InChI=1S/C37H43ClN4.2ClH/c1-24-19-25-21-26(20-24)35-34(22-25)42-33-23-27(38)15-16-30(33)37(35)40-18-10-4-2-3-9-17-39-36-28-11-5-7-13-31(28)41-32-14-8-6-12-29(32)36;;/h5,7,11,13,15-16,19,23,25-26H,2-4,6,8-10,12,14,17-18,20-22H2,1H3,(H,39,41)(H,40,42);2*1H. The first kappa shape index (κ1) is 32.9. The summed E-state index contributed by atoms with van der Waals surface area (Å²) < 4.78 is 0. The second-order valence-electron chi connectivity index (χ2n) is 12.9. The van der Waals surface area contributed by atoms with E-state index in [1.807, 2.05) is 12.1 Å². The van der Waals surface area contributed by atoms with Crippen LogP contribution in [0.4, 0.5) is 11.4 Å². The van der Waals surface area contributed by atoms with E-state index in [-0.39, 0.29) is 24.8 Å². The van der Waals surface area contributed by atoms with Gasteiger partial charge >= 0.3 is 0 Å². The summed E-state index contributed by atoms with van der Waals surface area (Å²) in [6, 6.07) is 14.9. The molecule has 7 heteroatoms. The number of halogens is 3. The van der Waals surface area contributed by atoms with Crippen molar-refractivity contribution in [2.45, 2.75) is 89.9 Å². The predicted molar refractivity (Wildman–Crippen MR) is 193 cm³/mol. The van der Waals surface area contributed by atoms with Crippen LogP contribution in [0, 0.1) is 5.92 Å². The minimum Gasteiger partial charge on any atom is -0.384 e. The Morgan fingerprint density at radius 3 is 2.32 bits per heavy atom. The normalized spacial score (nSPS) is 18.5. The Hall–Kier alpha value is -2.53. The minimum atomic E-state index is 0. The number of para-hydroxylation sites is 1. The molecule has 44 heavy (non-hydrogen) atoms.